The molecule has 0 bridgehead atoms. The Balaban J connectivity index is 1.55. The zero-order valence-corrected chi connectivity index (χ0v) is 18.9. The molecule has 4 heterocycles. The van der Waals surface area contributed by atoms with Gasteiger partial charge in [-0.25, -0.2) is 14.8 Å². The Bertz CT molecular complexity index is 1230. The number of thioether (sulfide) groups is 1. The van der Waals surface area contributed by atoms with E-state index in [-0.39, 0.29) is 26.7 Å². The second-order valence-corrected chi connectivity index (χ2v) is 9.72. The van der Waals surface area contributed by atoms with Crippen LogP contribution >= 0.6 is 34.7 Å². The summed E-state index contributed by atoms with van der Waals surface area (Å²) in [4.78, 5) is 47.5. The number of nitrogens with one attached hydrogen (secondary N) is 1. The summed E-state index contributed by atoms with van der Waals surface area (Å²) >= 11 is 8.01. The van der Waals surface area contributed by atoms with E-state index in [2.05, 4.69) is 20.4 Å². The fourth-order valence-electron chi connectivity index (χ4n) is 3.62. The Morgan fingerprint density at radius 3 is 2.76 bits per heavy atom. The number of allylic oxidation sites excluding steroid dienone is 1. The lowest BCUT2D eigenvalue weighted by molar-refractivity contribution is -0.155. The van der Waals surface area contributed by atoms with Crippen molar-refractivity contribution >= 4 is 69.1 Å². The number of pyridine rings is 1. The van der Waals surface area contributed by atoms with Gasteiger partial charge in [-0.1, -0.05) is 39.9 Å². The highest BCUT2D eigenvalue weighted by Gasteiger charge is 2.54. The number of thiazole rings is 1. The van der Waals surface area contributed by atoms with Gasteiger partial charge in [0.05, 0.1) is 10.9 Å². The normalized spacial score (nSPS) is 20.3. The summed E-state index contributed by atoms with van der Waals surface area (Å²) < 4.78 is 0.0436. The number of carbonyl (C=O) groups excluding carboxylic acids is 2. The molecule has 15 heteroatoms. The second-order valence-electron chi connectivity index (χ2n) is 6.95. The van der Waals surface area contributed by atoms with E-state index in [0.29, 0.717) is 22.6 Å². The molecule has 0 unspecified atom stereocenters. The molecule has 0 spiro atoms. The third-order valence-electron chi connectivity index (χ3n) is 5.06. The summed E-state index contributed by atoms with van der Waals surface area (Å²) in [6, 6.07) is 1.79. The van der Waals surface area contributed by atoms with Crippen molar-refractivity contribution in [2.45, 2.75) is 29.8 Å². The number of anilines is 2. The highest BCUT2D eigenvalue weighted by molar-refractivity contribution is 8.03. The molecule has 12 nitrogen and oxygen atoms in total. The molecule has 2 aliphatic rings. The number of hydrogen-bond donors (Lipinski definition) is 5. The number of β-lactam (4-membered cyclic amide) rings is 1. The Morgan fingerprint density at radius 2 is 2.15 bits per heavy atom. The molecule has 2 atom stereocenters. The molecule has 1 saturated heterocycles. The van der Waals surface area contributed by atoms with Gasteiger partial charge in [0, 0.05) is 11.1 Å². The Labute approximate surface area is 199 Å². The quantitative estimate of drug-likeness (QED) is 0.163. The number of oxime groups is 1. The minimum absolute atomic E-state index is 0.0436. The maximum Gasteiger partial charge on any atom is 0.353 e. The van der Waals surface area contributed by atoms with Gasteiger partial charge in [0.1, 0.15) is 27.6 Å². The number of halogens is 1. The van der Waals surface area contributed by atoms with Gasteiger partial charge in [-0.2, -0.15) is 0 Å². The number of carbonyl (C=O) groups is 3. The molecule has 1 fully saturated rings. The number of nitrogen functional groups attached to an aromatic ring is 2. The Hall–Kier alpha value is -3.36. The zero-order valence-electron chi connectivity index (χ0n) is 16.6. The number of amides is 2. The first-order valence-corrected chi connectivity index (χ1v) is 11.4. The first-order chi connectivity index (χ1) is 15.7. The molecule has 0 saturated carbocycles. The van der Waals surface area contributed by atoms with Crippen LogP contribution in [-0.4, -0.2) is 60.8 Å². The van der Waals surface area contributed by atoms with E-state index in [9.17, 15) is 24.7 Å². The minimum atomic E-state index is -1.27. The molecular formula is C18H16ClN7O5S2. The zero-order chi connectivity index (χ0) is 23.9. The van der Waals surface area contributed by atoms with Gasteiger partial charge in [0.2, 0.25) is 0 Å². The number of aromatic nitrogens is 2. The van der Waals surface area contributed by atoms with Gasteiger partial charge in [-0.05, 0) is 25.0 Å². The molecule has 4 rings (SSSR count). The van der Waals surface area contributed by atoms with Crippen molar-refractivity contribution < 1.29 is 24.7 Å². The number of nitrogens with two attached hydrogens (primary N) is 2. The molecule has 0 radical (unpaired) electrons. The molecule has 0 aliphatic carbocycles. The van der Waals surface area contributed by atoms with Crippen LogP contribution in [0.2, 0.25) is 4.34 Å². The van der Waals surface area contributed by atoms with Gasteiger partial charge < -0.3 is 27.1 Å². The van der Waals surface area contributed by atoms with Crippen LogP contribution in [0.3, 0.4) is 0 Å². The van der Waals surface area contributed by atoms with Crippen LogP contribution in [0.1, 0.15) is 18.5 Å². The first-order valence-electron chi connectivity index (χ1n) is 9.35. The predicted octanol–water partition coefficient (Wildman–Crippen LogP) is 1.11. The van der Waals surface area contributed by atoms with Crippen LogP contribution < -0.4 is 16.8 Å². The lowest BCUT2D eigenvalue weighted by atomic mass is 9.86. The molecule has 33 heavy (non-hydrogen) atoms. The van der Waals surface area contributed by atoms with Crippen LogP contribution in [0, 0.1) is 0 Å². The van der Waals surface area contributed by atoms with Gasteiger partial charge in [0.25, 0.3) is 11.8 Å². The van der Waals surface area contributed by atoms with E-state index >= 15 is 0 Å². The lowest BCUT2D eigenvalue weighted by Gasteiger charge is -2.50. The van der Waals surface area contributed by atoms with Crippen molar-refractivity contribution in [2.75, 3.05) is 11.5 Å². The maximum atomic E-state index is 12.8. The Kier molecular flexibility index (Phi) is 6.14. The smallest absolute Gasteiger partial charge is 0.353 e. The predicted molar refractivity (Wildman–Crippen MR) is 121 cm³/mol. The minimum Gasteiger partial charge on any atom is -0.477 e. The van der Waals surface area contributed by atoms with Crippen molar-refractivity contribution in [2.24, 2.45) is 5.16 Å². The Morgan fingerprint density at radius 1 is 1.39 bits per heavy atom. The van der Waals surface area contributed by atoms with Crippen molar-refractivity contribution in [3.63, 3.8) is 0 Å². The average Bonchev–Trinajstić information content (AvgIpc) is 3.11. The maximum absolute atomic E-state index is 12.8. The summed E-state index contributed by atoms with van der Waals surface area (Å²) in [5.74, 6) is -2.53. The van der Waals surface area contributed by atoms with Gasteiger partial charge >= 0.3 is 5.97 Å². The summed E-state index contributed by atoms with van der Waals surface area (Å²) in [5, 5.41) is 24.6. The first kappa shape index (κ1) is 22.8. The molecule has 172 valence electrons. The topological polar surface area (TPSA) is 197 Å². The van der Waals surface area contributed by atoms with E-state index in [0.717, 1.165) is 28.0 Å². The molecule has 2 aromatic rings. The standard InChI is InChI=1S/C18H16ClN7O5S2/c19-13-10(24-18(21)33-13)11(25-31)15(27)23-9-6-3-4-7(12(17(29)30)26(6)16(9)28)32-8-2-1-5-22-14(8)20/h1-2,5-6,9,31H,3-4H2,(H2,20,22)(H2,21,24)(H,23,27)(H,29,30)/b25-11-/t6-,9+/m1/s1. The highest BCUT2D eigenvalue weighted by Crippen LogP contribution is 2.44. The van der Waals surface area contributed by atoms with Crippen LogP contribution in [0.4, 0.5) is 10.9 Å². The van der Waals surface area contributed by atoms with Gasteiger partial charge in [-0.15, -0.1) is 0 Å². The van der Waals surface area contributed by atoms with E-state index < -0.39 is 35.6 Å². The summed E-state index contributed by atoms with van der Waals surface area (Å²) in [6.45, 7) is 0. The SMILES string of the molecule is Nc1nc(/C(=N/O)C(=O)N[C@@H]2C(=O)N3C(C(=O)O)=C(Sc4cccnc4N)CC[C@H]23)c(Cl)s1. The number of carboxylic acids is 1. The van der Waals surface area contributed by atoms with Gasteiger partial charge in [0.15, 0.2) is 10.8 Å². The summed E-state index contributed by atoms with van der Waals surface area (Å²) in [7, 11) is 0. The number of rotatable bonds is 6. The number of hydrogen-bond acceptors (Lipinski definition) is 11. The second kappa shape index (κ2) is 8.88. The number of fused-ring (bicyclic) bond motifs is 1. The lowest BCUT2D eigenvalue weighted by Crippen LogP contribution is -2.72. The van der Waals surface area contributed by atoms with Crippen LogP contribution in [-0.2, 0) is 14.4 Å². The van der Waals surface area contributed by atoms with E-state index in [1.165, 1.54) is 6.20 Å². The van der Waals surface area contributed by atoms with E-state index in [1.807, 2.05) is 0 Å². The number of carboxylic acid groups (broad SMARTS) is 1. The number of nitrogens with zero attached hydrogens (tertiary/aromatic N) is 4. The highest BCUT2D eigenvalue weighted by atomic mass is 35.5. The largest absolute Gasteiger partial charge is 0.477 e. The van der Waals surface area contributed by atoms with Crippen LogP contribution in [0.5, 0.6) is 0 Å². The molecule has 2 amide bonds. The molecular weight excluding hydrogens is 494 g/mol. The van der Waals surface area contributed by atoms with Crippen molar-refractivity contribution in [1.29, 1.82) is 0 Å². The van der Waals surface area contributed by atoms with Crippen LogP contribution in [0.25, 0.3) is 0 Å². The molecule has 0 aromatic carbocycles. The van der Waals surface area contributed by atoms with Gasteiger partial charge in [-0.3, -0.25) is 14.5 Å². The fourth-order valence-corrected chi connectivity index (χ4v) is 5.62. The van der Waals surface area contributed by atoms with Crippen molar-refractivity contribution in [3.05, 3.63) is 39.0 Å². The third kappa shape index (κ3) is 4.07. The molecule has 2 aliphatic heterocycles. The van der Waals surface area contributed by atoms with E-state index in [4.69, 9.17) is 23.1 Å². The molecule has 7 N–H and O–H groups in total. The van der Waals surface area contributed by atoms with E-state index in [1.54, 1.807) is 12.1 Å². The third-order valence-corrected chi connectivity index (χ3v) is 7.35. The molecule has 2 aromatic heterocycles. The van der Waals surface area contributed by atoms with Crippen molar-refractivity contribution in [3.8, 4) is 0 Å². The number of aliphatic carboxylic acids is 1. The average molecular weight is 510 g/mol. The fraction of sp³-hybridized carbons (Fsp3) is 0.222. The summed E-state index contributed by atoms with van der Waals surface area (Å²) in [5.41, 5.74) is 10.6. The van der Waals surface area contributed by atoms with Crippen LogP contribution in [0.15, 0.2) is 39.0 Å². The summed E-state index contributed by atoms with van der Waals surface area (Å²) in [6.07, 6.45) is 2.26. The monoisotopic (exact) mass is 509 g/mol. The van der Waals surface area contributed by atoms with Crippen molar-refractivity contribution in [1.82, 2.24) is 20.2 Å².